The number of hydrogen-bond donors (Lipinski definition) is 1. The summed E-state index contributed by atoms with van der Waals surface area (Å²) in [5.41, 5.74) is 2.06. The number of nitrogens with one attached hydrogen (secondary N) is 1. The SMILES string of the molecule is CCCC(=CC(=O)NCc1nnnn1-c1ccccc1)CCC. The van der Waals surface area contributed by atoms with Gasteiger partial charge in [-0.3, -0.25) is 4.79 Å². The van der Waals surface area contributed by atoms with Crippen molar-refractivity contribution in [1.82, 2.24) is 25.5 Å². The lowest BCUT2D eigenvalue weighted by Crippen LogP contribution is -2.23. The minimum absolute atomic E-state index is 0.0930. The van der Waals surface area contributed by atoms with Crippen molar-refractivity contribution in [1.29, 1.82) is 0 Å². The molecule has 0 aliphatic heterocycles. The number of aromatic nitrogens is 4. The van der Waals surface area contributed by atoms with Crippen LogP contribution >= 0.6 is 0 Å². The van der Waals surface area contributed by atoms with E-state index < -0.39 is 0 Å². The number of carbonyl (C=O) groups excluding carboxylic acids is 1. The first-order valence-corrected chi connectivity index (χ1v) is 8.04. The molecular formula is C17H23N5O. The van der Waals surface area contributed by atoms with E-state index in [4.69, 9.17) is 0 Å². The van der Waals surface area contributed by atoms with E-state index in [1.54, 1.807) is 10.8 Å². The van der Waals surface area contributed by atoms with Gasteiger partial charge < -0.3 is 5.32 Å². The number of benzene rings is 1. The Kier molecular flexibility index (Phi) is 6.47. The van der Waals surface area contributed by atoms with Crippen LogP contribution in [0.3, 0.4) is 0 Å². The highest BCUT2D eigenvalue weighted by molar-refractivity contribution is 5.88. The second-order valence-corrected chi connectivity index (χ2v) is 5.36. The summed E-state index contributed by atoms with van der Waals surface area (Å²) < 4.78 is 1.63. The molecule has 1 aromatic heterocycles. The van der Waals surface area contributed by atoms with Crippen molar-refractivity contribution in [3.05, 3.63) is 47.8 Å². The molecule has 6 nitrogen and oxygen atoms in total. The van der Waals surface area contributed by atoms with E-state index in [-0.39, 0.29) is 5.91 Å². The fourth-order valence-electron chi connectivity index (χ4n) is 2.40. The first-order valence-electron chi connectivity index (χ1n) is 8.04. The minimum Gasteiger partial charge on any atom is -0.345 e. The lowest BCUT2D eigenvalue weighted by Gasteiger charge is -2.07. The highest BCUT2D eigenvalue weighted by Crippen LogP contribution is 2.11. The monoisotopic (exact) mass is 313 g/mol. The van der Waals surface area contributed by atoms with Gasteiger partial charge in [-0.2, -0.15) is 4.68 Å². The van der Waals surface area contributed by atoms with Crippen LogP contribution in [0.5, 0.6) is 0 Å². The van der Waals surface area contributed by atoms with Crippen LogP contribution in [0.15, 0.2) is 42.0 Å². The number of rotatable bonds is 8. The first-order chi connectivity index (χ1) is 11.2. The first kappa shape index (κ1) is 16.9. The summed E-state index contributed by atoms with van der Waals surface area (Å²) in [6.45, 7) is 4.54. The molecule has 0 aliphatic carbocycles. The standard InChI is InChI=1S/C17H23N5O/c1-3-8-14(9-4-2)12-17(23)18-13-16-19-20-21-22(16)15-10-6-5-7-11-15/h5-7,10-12H,3-4,8-9,13H2,1-2H3,(H,18,23). The Morgan fingerprint density at radius 1 is 1.17 bits per heavy atom. The van der Waals surface area contributed by atoms with Crippen molar-refractivity contribution in [2.45, 2.75) is 46.1 Å². The van der Waals surface area contributed by atoms with Crippen LogP contribution in [0.4, 0.5) is 0 Å². The fraction of sp³-hybridized carbons (Fsp3) is 0.412. The Balaban J connectivity index is 2.00. The van der Waals surface area contributed by atoms with Crippen molar-refractivity contribution >= 4 is 5.91 Å². The lowest BCUT2D eigenvalue weighted by molar-refractivity contribution is -0.116. The summed E-state index contributed by atoms with van der Waals surface area (Å²) in [7, 11) is 0. The molecule has 0 radical (unpaired) electrons. The molecule has 0 unspecified atom stereocenters. The fourth-order valence-corrected chi connectivity index (χ4v) is 2.40. The van der Waals surface area contributed by atoms with Crippen LogP contribution in [0.25, 0.3) is 5.69 Å². The molecule has 1 N–H and O–H groups in total. The van der Waals surface area contributed by atoms with Crippen molar-refractivity contribution in [2.24, 2.45) is 0 Å². The molecule has 0 saturated carbocycles. The van der Waals surface area contributed by atoms with Crippen LogP contribution in [0.2, 0.25) is 0 Å². The van der Waals surface area contributed by atoms with Gasteiger partial charge in [0.2, 0.25) is 5.91 Å². The summed E-state index contributed by atoms with van der Waals surface area (Å²) in [6, 6.07) is 9.61. The predicted octanol–water partition coefficient (Wildman–Crippen LogP) is 2.81. The van der Waals surface area contributed by atoms with Crippen LogP contribution in [-0.4, -0.2) is 26.1 Å². The summed E-state index contributed by atoms with van der Waals surface area (Å²) >= 11 is 0. The van der Waals surface area contributed by atoms with Gasteiger partial charge in [0.25, 0.3) is 0 Å². The number of allylic oxidation sites excluding steroid dienone is 1. The molecular weight excluding hydrogens is 290 g/mol. The van der Waals surface area contributed by atoms with Crippen LogP contribution < -0.4 is 5.32 Å². The molecule has 1 heterocycles. The average molecular weight is 313 g/mol. The number of hydrogen-bond acceptors (Lipinski definition) is 4. The average Bonchev–Trinajstić information content (AvgIpc) is 3.03. The molecule has 0 saturated heterocycles. The molecule has 1 amide bonds. The number of tetrazole rings is 1. The third-order valence-corrected chi connectivity index (χ3v) is 3.43. The number of para-hydroxylation sites is 1. The molecule has 0 spiro atoms. The summed E-state index contributed by atoms with van der Waals surface area (Å²) in [4.78, 5) is 12.1. The molecule has 122 valence electrons. The van der Waals surface area contributed by atoms with Gasteiger partial charge in [0.1, 0.15) is 0 Å². The van der Waals surface area contributed by atoms with Crippen LogP contribution in [-0.2, 0) is 11.3 Å². The predicted molar refractivity (Wildman–Crippen MR) is 88.9 cm³/mol. The van der Waals surface area contributed by atoms with E-state index in [1.165, 1.54) is 5.57 Å². The van der Waals surface area contributed by atoms with E-state index in [0.29, 0.717) is 12.4 Å². The van der Waals surface area contributed by atoms with Crippen LogP contribution in [0, 0.1) is 0 Å². The van der Waals surface area contributed by atoms with Gasteiger partial charge in [0.05, 0.1) is 12.2 Å². The van der Waals surface area contributed by atoms with Gasteiger partial charge in [-0.1, -0.05) is 50.5 Å². The number of amides is 1. The summed E-state index contributed by atoms with van der Waals surface area (Å²) in [5, 5.41) is 14.5. The quantitative estimate of drug-likeness (QED) is 0.761. The molecule has 2 aromatic rings. The van der Waals surface area contributed by atoms with E-state index in [9.17, 15) is 4.79 Å². The van der Waals surface area contributed by atoms with E-state index in [1.807, 2.05) is 30.3 Å². The van der Waals surface area contributed by atoms with E-state index in [2.05, 4.69) is 34.7 Å². The zero-order valence-electron chi connectivity index (χ0n) is 13.7. The zero-order chi connectivity index (χ0) is 16.5. The van der Waals surface area contributed by atoms with Gasteiger partial charge in [-0.15, -0.1) is 5.10 Å². The van der Waals surface area contributed by atoms with Gasteiger partial charge in [0.15, 0.2) is 5.82 Å². The molecule has 0 atom stereocenters. The second-order valence-electron chi connectivity index (χ2n) is 5.36. The second kappa shape index (κ2) is 8.82. The van der Waals surface area contributed by atoms with Gasteiger partial charge in [-0.25, -0.2) is 0 Å². The molecule has 23 heavy (non-hydrogen) atoms. The molecule has 0 aliphatic rings. The van der Waals surface area contributed by atoms with Crippen molar-refractivity contribution in [3.8, 4) is 5.69 Å². The van der Waals surface area contributed by atoms with E-state index >= 15 is 0 Å². The maximum Gasteiger partial charge on any atom is 0.244 e. The summed E-state index contributed by atoms with van der Waals surface area (Å²) in [5.74, 6) is 0.509. The molecule has 1 aromatic carbocycles. The number of carbonyl (C=O) groups is 1. The molecule has 0 bridgehead atoms. The normalized spacial score (nSPS) is 10.3. The van der Waals surface area contributed by atoms with Crippen molar-refractivity contribution < 1.29 is 4.79 Å². The third-order valence-electron chi connectivity index (χ3n) is 3.43. The zero-order valence-corrected chi connectivity index (χ0v) is 13.7. The van der Waals surface area contributed by atoms with Gasteiger partial charge in [-0.05, 0) is 35.4 Å². The van der Waals surface area contributed by atoms with Crippen LogP contribution in [0.1, 0.15) is 45.4 Å². The Morgan fingerprint density at radius 3 is 2.52 bits per heavy atom. The molecule has 0 fully saturated rings. The summed E-state index contributed by atoms with van der Waals surface area (Å²) in [6.07, 6.45) is 5.73. The number of nitrogens with zero attached hydrogens (tertiary/aromatic N) is 4. The molecule has 2 rings (SSSR count). The maximum atomic E-state index is 12.1. The Bertz CT molecular complexity index is 640. The lowest BCUT2D eigenvalue weighted by atomic mass is 10.1. The Hall–Kier alpha value is -2.50. The maximum absolute atomic E-state index is 12.1. The van der Waals surface area contributed by atoms with Gasteiger partial charge in [0, 0.05) is 6.08 Å². The third kappa shape index (κ3) is 5.02. The highest BCUT2D eigenvalue weighted by Gasteiger charge is 2.09. The Morgan fingerprint density at radius 2 is 1.87 bits per heavy atom. The molecule has 6 heteroatoms. The topological polar surface area (TPSA) is 72.7 Å². The van der Waals surface area contributed by atoms with Crippen molar-refractivity contribution in [2.75, 3.05) is 0 Å². The highest BCUT2D eigenvalue weighted by atomic mass is 16.1. The Labute approximate surface area is 136 Å². The smallest absolute Gasteiger partial charge is 0.244 e. The minimum atomic E-state index is -0.0930. The van der Waals surface area contributed by atoms with Gasteiger partial charge >= 0.3 is 0 Å². The van der Waals surface area contributed by atoms with Crippen molar-refractivity contribution in [3.63, 3.8) is 0 Å². The van der Waals surface area contributed by atoms with E-state index in [0.717, 1.165) is 31.4 Å². The largest absolute Gasteiger partial charge is 0.345 e.